The average Bonchev–Trinajstić information content (AvgIpc) is 1.97. The van der Waals surface area contributed by atoms with Crippen molar-refractivity contribution in [1.29, 1.82) is 0 Å². The van der Waals surface area contributed by atoms with Crippen LogP contribution in [-0.2, 0) is 0 Å². The molecule has 0 amide bonds. The fourth-order valence-electron chi connectivity index (χ4n) is 1.17. The molecule has 0 spiro atoms. The van der Waals surface area contributed by atoms with E-state index in [1.807, 2.05) is 6.07 Å². The lowest BCUT2D eigenvalue weighted by atomic mass is 9.93. The third-order valence-corrected chi connectivity index (χ3v) is 2.52. The Morgan fingerprint density at radius 3 is 2.83 bits per heavy atom. The summed E-state index contributed by atoms with van der Waals surface area (Å²) in [6.07, 6.45) is 5.43. The van der Waals surface area contributed by atoms with Gasteiger partial charge in [0.15, 0.2) is 0 Å². The van der Waals surface area contributed by atoms with Crippen LogP contribution in [0.3, 0.4) is 0 Å². The molecule has 1 aliphatic carbocycles. The molecule has 0 atom stereocenters. The molecule has 1 aromatic rings. The number of rotatable bonds is 2. The summed E-state index contributed by atoms with van der Waals surface area (Å²) in [5.41, 5.74) is 0. The number of halogens is 1. The summed E-state index contributed by atoms with van der Waals surface area (Å²) in [5.74, 6) is 0.918. The second-order valence-electron chi connectivity index (χ2n) is 3.00. The van der Waals surface area contributed by atoms with Crippen LogP contribution in [0.25, 0.3) is 0 Å². The topological polar surface area (TPSA) is 37.8 Å². The maximum absolute atomic E-state index is 4.11. The van der Waals surface area contributed by atoms with Gasteiger partial charge in [0.25, 0.3) is 0 Å². The van der Waals surface area contributed by atoms with E-state index < -0.39 is 0 Å². The molecule has 2 rings (SSSR count). The fraction of sp³-hybridized carbons (Fsp3) is 0.500. The lowest BCUT2D eigenvalue weighted by Crippen LogP contribution is -2.27. The van der Waals surface area contributed by atoms with Crippen LogP contribution in [0.1, 0.15) is 19.3 Å². The van der Waals surface area contributed by atoms with Crippen molar-refractivity contribution in [2.75, 3.05) is 5.32 Å². The van der Waals surface area contributed by atoms with Gasteiger partial charge in [-0.1, -0.05) is 0 Å². The van der Waals surface area contributed by atoms with Gasteiger partial charge in [-0.25, -0.2) is 9.97 Å². The van der Waals surface area contributed by atoms with E-state index in [9.17, 15) is 0 Å². The minimum absolute atomic E-state index is 0.631. The molecule has 1 N–H and O–H groups in total. The molecule has 0 bridgehead atoms. The first kappa shape index (κ1) is 7.98. The van der Waals surface area contributed by atoms with E-state index in [-0.39, 0.29) is 0 Å². The summed E-state index contributed by atoms with van der Waals surface area (Å²) in [4.78, 5) is 8.07. The van der Waals surface area contributed by atoms with Crippen molar-refractivity contribution >= 4 is 21.7 Å². The van der Waals surface area contributed by atoms with Gasteiger partial charge < -0.3 is 5.32 Å². The molecule has 1 aromatic heterocycles. The van der Waals surface area contributed by atoms with Gasteiger partial charge in [0, 0.05) is 12.1 Å². The van der Waals surface area contributed by atoms with Crippen LogP contribution in [0.5, 0.6) is 0 Å². The number of nitrogens with one attached hydrogen (secondary N) is 1. The lowest BCUT2D eigenvalue weighted by molar-refractivity contribution is 0.444. The van der Waals surface area contributed by atoms with Crippen molar-refractivity contribution < 1.29 is 0 Å². The lowest BCUT2D eigenvalue weighted by Gasteiger charge is -2.26. The zero-order valence-corrected chi connectivity index (χ0v) is 8.21. The van der Waals surface area contributed by atoms with Crippen molar-refractivity contribution in [1.82, 2.24) is 9.97 Å². The van der Waals surface area contributed by atoms with Gasteiger partial charge in [-0.15, -0.1) is 0 Å². The molecule has 64 valence electrons. The first-order chi connectivity index (χ1) is 5.84. The smallest absolute Gasteiger partial charge is 0.130 e. The molecule has 0 unspecified atom stereocenters. The second kappa shape index (κ2) is 3.39. The molecule has 0 radical (unpaired) electrons. The predicted octanol–water partition coefficient (Wildman–Crippen LogP) is 2.20. The fourth-order valence-corrected chi connectivity index (χ4v) is 1.48. The van der Waals surface area contributed by atoms with Crippen LogP contribution in [0.2, 0.25) is 0 Å². The zero-order chi connectivity index (χ0) is 8.39. The van der Waals surface area contributed by atoms with Crippen molar-refractivity contribution in [3.05, 3.63) is 17.0 Å². The van der Waals surface area contributed by atoms with E-state index in [0.717, 1.165) is 10.4 Å². The standard InChI is InChI=1S/C8H10BrN3/c9-7-4-8(11-5-10-7)12-6-2-1-3-6/h4-6H,1-3H2,(H,10,11,12). The summed E-state index contributed by atoms with van der Waals surface area (Å²) in [6.45, 7) is 0. The Labute approximate surface area is 79.7 Å². The SMILES string of the molecule is Brc1cc(NC2CCC2)ncn1. The van der Waals surface area contributed by atoms with Crippen LogP contribution in [0.4, 0.5) is 5.82 Å². The Balaban J connectivity index is 2.02. The highest BCUT2D eigenvalue weighted by atomic mass is 79.9. The predicted molar refractivity (Wildman–Crippen MR) is 51.0 cm³/mol. The highest BCUT2D eigenvalue weighted by Gasteiger charge is 2.16. The summed E-state index contributed by atoms with van der Waals surface area (Å²) in [7, 11) is 0. The molecular formula is C8H10BrN3. The largest absolute Gasteiger partial charge is 0.367 e. The number of aromatic nitrogens is 2. The maximum Gasteiger partial charge on any atom is 0.130 e. The molecule has 0 aliphatic heterocycles. The van der Waals surface area contributed by atoms with Crippen LogP contribution < -0.4 is 5.32 Å². The molecule has 1 aliphatic rings. The van der Waals surface area contributed by atoms with Gasteiger partial charge >= 0.3 is 0 Å². The van der Waals surface area contributed by atoms with E-state index in [4.69, 9.17) is 0 Å². The Bertz CT molecular complexity index is 273. The molecular weight excluding hydrogens is 218 g/mol. The number of hydrogen-bond acceptors (Lipinski definition) is 3. The van der Waals surface area contributed by atoms with Crippen LogP contribution in [-0.4, -0.2) is 16.0 Å². The highest BCUT2D eigenvalue weighted by molar-refractivity contribution is 9.10. The molecule has 0 aromatic carbocycles. The van der Waals surface area contributed by atoms with Gasteiger partial charge in [-0.2, -0.15) is 0 Å². The third kappa shape index (κ3) is 1.75. The summed E-state index contributed by atoms with van der Waals surface area (Å²) >= 11 is 3.30. The Hall–Kier alpha value is -0.640. The average molecular weight is 228 g/mol. The molecule has 1 fully saturated rings. The van der Waals surface area contributed by atoms with E-state index in [2.05, 4.69) is 31.2 Å². The molecule has 0 saturated heterocycles. The van der Waals surface area contributed by atoms with Crippen molar-refractivity contribution in [3.8, 4) is 0 Å². The molecule has 1 saturated carbocycles. The molecule has 1 heterocycles. The number of anilines is 1. The first-order valence-corrected chi connectivity index (χ1v) is 4.88. The van der Waals surface area contributed by atoms with Gasteiger partial charge in [0.1, 0.15) is 16.7 Å². The Kier molecular flexibility index (Phi) is 2.26. The number of nitrogens with zero attached hydrogens (tertiary/aromatic N) is 2. The minimum Gasteiger partial charge on any atom is -0.367 e. The molecule has 3 nitrogen and oxygen atoms in total. The van der Waals surface area contributed by atoms with Gasteiger partial charge in [0.2, 0.25) is 0 Å². The van der Waals surface area contributed by atoms with Gasteiger partial charge in [0.05, 0.1) is 0 Å². The van der Waals surface area contributed by atoms with Gasteiger partial charge in [-0.05, 0) is 35.2 Å². The van der Waals surface area contributed by atoms with Crippen LogP contribution in [0, 0.1) is 0 Å². The van der Waals surface area contributed by atoms with E-state index >= 15 is 0 Å². The zero-order valence-electron chi connectivity index (χ0n) is 6.63. The summed E-state index contributed by atoms with van der Waals surface area (Å²) in [5, 5.41) is 3.34. The van der Waals surface area contributed by atoms with Crippen LogP contribution in [0.15, 0.2) is 17.0 Å². The first-order valence-electron chi connectivity index (χ1n) is 4.09. The van der Waals surface area contributed by atoms with Crippen LogP contribution >= 0.6 is 15.9 Å². The molecule has 12 heavy (non-hydrogen) atoms. The van der Waals surface area contributed by atoms with Crippen molar-refractivity contribution in [2.45, 2.75) is 25.3 Å². The van der Waals surface area contributed by atoms with E-state index in [1.165, 1.54) is 19.3 Å². The maximum atomic E-state index is 4.11. The van der Waals surface area contributed by atoms with E-state index in [1.54, 1.807) is 6.33 Å². The molecule has 4 heteroatoms. The second-order valence-corrected chi connectivity index (χ2v) is 3.81. The Morgan fingerprint density at radius 1 is 1.42 bits per heavy atom. The van der Waals surface area contributed by atoms with Gasteiger partial charge in [-0.3, -0.25) is 0 Å². The summed E-state index contributed by atoms with van der Waals surface area (Å²) in [6, 6.07) is 2.53. The Morgan fingerprint density at radius 2 is 2.25 bits per heavy atom. The van der Waals surface area contributed by atoms with Crippen molar-refractivity contribution in [3.63, 3.8) is 0 Å². The van der Waals surface area contributed by atoms with Crippen molar-refractivity contribution in [2.24, 2.45) is 0 Å². The summed E-state index contributed by atoms with van der Waals surface area (Å²) < 4.78 is 0.833. The highest BCUT2D eigenvalue weighted by Crippen LogP contribution is 2.22. The monoisotopic (exact) mass is 227 g/mol. The van der Waals surface area contributed by atoms with E-state index in [0.29, 0.717) is 6.04 Å². The quantitative estimate of drug-likeness (QED) is 0.788. The normalized spacial score (nSPS) is 17.1. The third-order valence-electron chi connectivity index (χ3n) is 2.09. The number of hydrogen-bond donors (Lipinski definition) is 1. The minimum atomic E-state index is 0.631.